The van der Waals surface area contributed by atoms with Gasteiger partial charge < -0.3 is 5.11 Å². The Hall–Kier alpha value is -2.54. The summed E-state index contributed by atoms with van der Waals surface area (Å²) in [6.07, 6.45) is 0. The first kappa shape index (κ1) is 15.4. The number of carbonyl (C=O) groups is 1. The molecule has 5 nitrogen and oxygen atoms in total. The number of halogens is 3. The number of nitrogens with zero attached hydrogens (tertiary/aromatic N) is 3. The summed E-state index contributed by atoms with van der Waals surface area (Å²) in [5.41, 5.74) is -0.404. The number of nitriles is 1. The van der Waals surface area contributed by atoms with E-state index in [1.807, 2.05) is 0 Å². The Morgan fingerprint density at radius 2 is 2.04 bits per heavy atom. The Bertz CT molecular complexity index is 1010. The molecule has 3 aromatic rings. The van der Waals surface area contributed by atoms with Crippen LogP contribution in [0.5, 0.6) is 0 Å². The largest absolute Gasteiger partial charge is 0.476 e. The average molecular weight is 425 g/mol. The van der Waals surface area contributed by atoms with Crippen molar-refractivity contribution >= 4 is 39.5 Å². The predicted molar refractivity (Wildman–Crippen MR) is 85.4 cm³/mol. The van der Waals surface area contributed by atoms with E-state index in [1.165, 1.54) is 24.3 Å². The molecule has 0 fully saturated rings. The molecule has 0 aliphatic rings. The van der Waals surface area contributed by atoms with Crippen LogP contribution in [0, 0.1) is 26.5 Å². The molecule has 3 rings (SSSR count). The lowest BCUT2D eigenvalue weighted by molar-refractivity contribution is 0.0692. The van der Waals surface area contributed by atoms with Crippen LogP contribution >= 0.6 is 22.6 Å². The molecule has 0 aliphatic heterocycles. The molecule has 0 unspecified atom stereocenters. The first-order valence-corrected chi connectivity index (χ1v) is 7.32. The van der Waals surface area contributed by atoms with E-state index in [0.717, 1.165) is 10.7 Å². The molecule has 1 N–H and O–H groups in total. The molecule has 114 valence electrons. The molecule has 0 atom stereocenters. The SMILES string of the molecule is N#Cc1cc(-n2nc(C(=O)O)c3ccc(I)c(F)c32)ccc1F. The third kappa shape index (κ3) is 2.43. The Labute approximate surface area is 141 Å². The van der Waals surface area contributed by atoms with Crippen molar-refractivity contribution in [3.8, 4) is 11.8 Å². The summed E-state index contributed by atoms with van der Waals surface area (Å²) in [5, 5.41) is 22.2. The molecular formula is C15H6F2IN3O2. The average Bonchev–Trinajstić information content (AvgIpc) is 2.92. The number of carboxylic acids is 1. The second-order valence-electron chi connectivity index (χ2n) is 4.60. The van der Waals surface area contributed by atoms with Gasteiger partial charge >= 0.3 is 5.97 Å². The van der Waals surface area contributed by atoms with Gasteiger partial charge in [0.05, 0.1) is 14.8 Å². The maximum atomic E-state index is 14.5. The molecule has 23 heavy (non-hydrogen) atoms. The molecule has 0 spiro atoms. The monoisotopic (exact) mass is 425 g/mol. The smallest absolute Gasteiger partial charge is 0.357 e. The van der Waals surface area contributed by atoms with Gasteiger partial charge in [0.25, 0.3) is 0 Å². The van der Waals surface area contributed by atoms with E-state index < -0.39 is 17.6 Å². The van der Waals surface area contributed by atoms with Gasteiger partial charge in [-0.25, -0.2) is 18.3 Å². The van der Waals surface area contributed by atoms with Gasteiger partial charge in [-0.2, -0.15) is 10.4 Å². The van der Waals surface area contributed by atoms with Crippen molar-refractivity contribution in [2.45, 2.75) is 0 Å². The lowest BCUT2D eigenvalue weighted by Gasteiger charge is -2.06. The molecule has 0 aliphatic carbocycles. The van der Waals surface area contributed by atoms with Crippen LogP contribution in [0.4, 0.5) is 8.78 Å². The highest BCUT2D eigenvalue weighted by Gasteiger charge is 2.22. The van der Waals surface area contributed by atoms with Crippen LogP contribution in [0.3, 0.4) is 0 Å². The highest BCUT2D eigenvalue weighted by atomic mass is 127. The Kier molecular flexibility index (Phi) is 3.73. The Balaban J connectivity index is 2.40. The molecule has 1 aromatic heterocycles. The highest BCUT2D eigenvalue weighted by Crippen LogP contribution is 2.28. The molecule has 1 heterocycles. The quantitative estimate of drug-likeness (QED) is 0.638. The number of fused-ring (bicyclic) bond motifs is 1. The number of benzene rings is 2. The highest BCUT2D eigenvalue weighted by molar-refractivity contribution is 14.1. The third-order valence-corrected chi connectivity index (χ3v) is 4.09. The van der Waals surface area contributed by atoms with E-state index in [2.05, 4.69) is 5.10 Å². The summed E-state index contributed by atoms with van der Waals surface area (Å²) in [6, 6.07) is 8.12. The van der Waals surface area contributed by atoms with Crippen molar-refractivity contribution in [1.82, 2.24) is 9.78 Å². The van der Waals surface area contributed by atoms with Gasteiger partial charge in [0.2, 0.25) is 0 Å². The summed E-state index contributed by atoms with van der Waals surface area (Å²) in [7, 11) is 0. The number of aromatic carboxylic acids is 1. The topological polar surface area (TPSA) is 78.9 Å². The standard InChI is InChI=1S/C15H6F2IN3O2/c16-10-3-1-8(5-7(10)6-19)21-14-9(13(20-21)15(22)23)2-4-11(18)12(14)17/h1-5H,(H,22,23). The lowest BCUT2D eigenvalue weighted by Crippen LogP contribution is -2.02. The van der Waals surface area contributed by atoms with Crippen LogP contribution in [0.2, 0.25) is 0 Å². The van der Waals surface area contributed by atoms with Gasteiger partial charge in [-0.15, -0.1) is 0 Å². The van der Waals surface area contributed by atoms with Gasteiger partial charge in [-0.05, 0) is 52.9 Å². The van der Waals surface area contributed by atoms with Crippen LogP contribution in [0.25, 0.3) is 16.6 Å². The number of hydrogen-bond donors (Lipinski definition) is 1. The zero-order valence-corrected chi connectivity index (χ0v) is 13.4. The normalized spacial score (nSPS) is 10.7. The molecule has 0 bridgehead atoms. The summed E-state index contributed by atoms with van der Waals surface area (Å²) in [4.78, 5) is 11.3. The van der Waals surface area contributed by atoms with E-state index in [-0.39, 0.29) is 31.4 Å². The van der Waals surface area contributed by atoms with E-state index in [1.54, 1.807) is 28.7 Å². The third-order valence-electron chi connectivity index (χ3n) is 3.25. The van der Waals surface area contributed by atoms with Crippen LogP contribution < -0.4 is 0 Å². The molecule has 0 amide bonds. The zero-order chi connectivity index (χ0) is 16.7. The fraction of sp³-hybridized carbons (Fsp3) is 0. The molecule has 2 aromatic carbocycles. The van der Waals surface area contributed by atoms with E-state index in [4.69, 9.17) is 5.26 Å². The van der Waals surface area contributed by atoms with Crippen LogP contribution in [-0.2, 0) is 0 Å². The lowest BCUT2D eigenvalue weighted by atomic mass is 10.2. The summed E-state index contributed by atoms with van der Waals surface area (Å²) in [5.74, 6) is -2.66. The first-order chi connectivity index (χ1) is 10.9. The number of rotatable bonds is 2. The molecular weight excluding hydrogens is 419 g/mol. The predicted octanol–water partition coefficient (Wildman–Crippen LogP) is 3.48. The second kappa shape index (κ2) is 5.58. The van der Waals surface area contributed by atoms with Crippen LogP contribution in [0.15, 0.2) is 30.3 Å². The summed E-state index contributed by atoms with van der Waals surface area (Å²) >= 11 is 1.78. The minimum atomic E-state index is -1.31. The van der Waals surface area contributed by atoms with Crippen molar-refractivity contribution < 1.29 is 18.7 Å². The van der Waals surface area contributed by atoms with Gasteiger partial charge in [0.15, 0.2) is 11.5 Å². The minimum absolute atomic E-state index is 0.0372. The van der Waals surface area contributed by atoms with Crippen molar-refractivity contribution in [2.75, 3.05) is 0 Å². The van der Waals surface area contributed by atoms with Crippen LogP contribution in [-0.4, -0.2) is 20.9 Å². The summed E-state index contributed by atoms with van der Waals surface area (Å²) in [6.45, 7) is 0. The Morgan fingerprint density at radius 3 is 2.70 bits per heavy atom. The molecule has 0 radical (unpaired) electrons. The van der Waals surface area contributed by atoms with Crippen molar-refractivity contribution in [1.29, 1.82) is 5.26 Å². The molecule has 0 saturated carbocycles. The summed E-state index contributed by atoms with van der Waals surface area (Å²) < 4.78 is 29.3. The van der Waals surface area contributed by atoms with Crippen molar-refractivity contribution in [3.05, 3.63) is 56.8 Å². The maximum absolute atomic E-state index is 14.5. The zero-order valence-electron chi connectivity index (χ0n) is 11.2. The maximum Gasteiger partial charge on any atom is 0.357 e. The van der Waals surface area contributed by atoms with Crippen molar-refractivity contribution in [3.63, 3.8) is 0 Å². The number of carboxylic acid groups (broad SMARTS) is 1. The second-order valence-corrected chi connectivity index (χ2v) is 5.76. The van der Waals surface area contributed by atoms with E-state index in [0.29, 0.717) is 0 Å². The fourth-order valence-corrected chi connectivity index (χ4v) is 2.65. The Morgan fingerprint density at radius 1 is 1.30 bits per heavy atom. The molecule has 0 saturated heterocycles. The fourth-order valence-electron chi connectivity index (χ4n) is 2.22. The van der Waals surface area contributed by atoms with E-state index in [9.17, 15) is 18.7 Å². The number of aromatic nitrogens is 2. The first-order valence-electron chi connectivity index (χ1n) is 6.24. The van der Waals surface area contributed by atoms with Gasteiger partial charge in [-0.1, -0.05) is 0 Å². The van der Waals surface area contributed by atoms with Crippen LogP contribution in [0.1, 0.15) is 16.1 Å². The molecule has 8 heteroatoms. The van der Waals surface area contributed by atoms with Gasteiger partial charge in [0.1, 0.15) is 17.4 Å². The van der Waals surface area contributed by atoms with Gasteiger partial charge in [-0.3, -0.25) is 0 Å². The van der Waals surface area contributed by atoms with E-state index >= 15 is 0 Å². The van der Waals surface area contributed by atoms with Gasteiger partial charge in [0, 0.05) is 5.39 Å². The van der Waals surface area contributed by atoms with Crippen molar-refractivity contribution in [2.24, 2.45) is 0 Å². The minimum Gasteiger partial charge on any atom is -0.476 e. The number of hydrogen-bond acceptors (Lipinski definition) is 3.